The molecule has 1 saturated heterocycles. The molecular formula is C17H28N2O2. The van der Waals surface area contributed by atoms with Gasteiger partial charge in [-0.1, -0.05) is 33.1 Å². The zero-order chi connectivity index (χ0) is 15.0. The van der Waals surface area contributed by atoms with Crippen LogP contribution in [-0.4, -0.2) is 35.3 Å². The molecule has 1 N–H and O–H groups in total. The minimum atomic E-state index is -0.240. The average molecular weight is 292 g/mol. The molecule has 0 aromatic heterocycles. The van der Waals surface area contributed by atoms with Gasteiger partial charge in [-0.25, -0.2) is 0 Å². The summed E-state index contributed by atoms with van der Waals surface area (Å²) in [6.45, 7) is 4.98. The Bertz CT molecular complexity index is 411. The minimum absolute atomic E-state index is 0.110. The summed E-state index contributed by atoms with van der Waals surface area (Å²) >= 11 is 0. The fraction of sp³-hybridized carbons (Fsp3) is 0.882. The monoisotopic (exact) mass is 292 g/mol. The number of piperazine rings is 1. The van der Waals surface area contributed by atoms with Gasteiger partial charge in [0, 0.05) is 6.54 Å². The molecule has 2 atom stereocenters. The van der Waals surface area contributed by atoms with Crippen molar-refractivity contribution in [2.75, 3.05) is 6.54 Å². The van der Waals surface area contributed by atoms with Gasteiger partial charge >= 0.3 is 0 Å². The Balaban J connectivity index is 1.80. The summed E-state index contributed by atoms with van der Waals surface area (Å²) in [4.78, 5) is 27.5. The second-order valence-corrected chi connectivity index (χ2v) is 7.55. The van der Waals surface area contributed by atoms with E-state index in [1.165, 1.54) is 19.3 Å². The molecule has 4 heteroatoms. The first kappa shape index (κ1) is 14.9. The highest BCUT2D eigenvalue weighted by Crippen LogP contribution is 2.37. The number of amides is 2. The van der Waals surface area contributed by atoms with Crippen LogP contribution >= 0.6 is 0 Å². The first-order valence-electron chi connectivity index (χ1n) is 8.68. The molecule has 2 saturated carbocycles. The fourth-order valence-corrected chi connectivity index (χ4v) is 4.02. The van der Waals surface area contributed by atoms with Crippen molar-refractivity contribution in [3.63, 3.8) is 0 Å². The highest BCUT2D eigenvalue weighted by Gasteiger charge is 2.48. The van der Waals surface area contributed by atoms with Crippen LogP contribution < -0.4 is 5.32 Å². The van der Waals surface area contributed by atoms with E-state index < -0.39 is 0 Å². The van der Waals surface area contributed by atoms with Crippen LogP contribution in [-0.2, 0) is 9.59 Å². The Labute approximate surface area is 127 Å². The molecule has 0 radical (unpaired) electrons. The van der Waals surface area contributed by atoms with Crippen molar-refractivity contribution < 1.29 is 9.59 Å². The molecule has 2 unspecified atom stereocenters. The summed E-state index contributed by atoms with van der Waals surface area (Å²) in [6, 6.07) is -0.453. The minimum Gasteiger partial charge on any atom is -0.342 e. The molecule has 21 heavy (non-hydrogen) atoms. The topological polar surface area (TPSA) is 49.4 Å². The number of nitrogens with one attached hydrogen (secondary N) is 1. The summed E-state index contributed by atoms with van der Waals surface area (Å²) in [5.41, 5.74) is 0. The number of carbonyl (C=O) groups is 2. The lowest BCUT2D eigenvalue weighted by Gasteiger charge is -2.44. The van der Waals surface area contributed by atoms with Gasteiger partial charge in [-0.05, 0) is 43.4 Å². The summed E-state index contributed by atoms with van der Waals surface area (Å²) < 4.78 is 0. The van der Waals surface area contributed by atoms with Crippen LogP contribution in [0, 0.1) is 17.8 Å². The molecule has 2 aliphatic carbocycles. The Kier molecular flexibility index (Phi) is 4.23. The lowest BCUT2D eigenvalue weighted by atomic mass is 9.81. The quantitative estimate of drug-likeness (QED) is 0.864. The molecule has 3 rings (SSSR count). The maximum atomic E-state index is 12.9. The van der Waals surface area contributed by atoms with Crippen molar-refractivity contribution in [2.45, 2.75) is 70.9 Å². The summed E-state index contributed by atoms with van der Waals surface area (Å²) in [7, 11) is 0. The van der Waals surface area contributed by atoms with Crippen LogP contribution in [0.4, 0.5) is 0 Å². The van der Waals surface area contributed by atoms with Gasteiger partial charge in [0.15, 0.2) is 0 Å². The molecule has 1 heterocycles. The zero-order valence-corrected chi connectivity index (χ0v) is 13.3. The van der Waals surface area contributed by atoms with Crippen LogP contribution in [0.1, 0.15) is 58.8 Å². The van der Waals surface area contributed by atoms with Gasteiger partial charge in [0.1, 0.15) is 12.1 Å². The number of hydrogen-bond donors (Lipinski definition) is 1. The lowest BCUT2D eigenvalue weighted by Crippen LogP contribution is -2.66. The highest BCUT2D eigenvalue weighted by atomic mass is 16.2. The van der Waals surface area contributed by atoms with Crippen molar-refractivity contribution in [1.82, 2.24) is 10.2 Å². The number of hydrogen-bond acceptors (Lipinski definition) is 2. The van der Waals surface area contributed by atoms with E-state index in [0.29, 0.717) is 17.8 Å². The maximum absolute atomic E-state index is 12.9. The molecule has 3 fully saturated rings. The van der Waals surface area contributed by atoms with E-state index in [1.807, 2.05) is 4.90 Å². The third-order valence-corrected chi connectivity index (χ3v) is 5.20. The van der Waals surface area contributed by atoms with Crippen molar-refractivity contribution in [2.24, 2.45) is 17.8 Å². The molecular weight excluding hydrogens is 264 g/mol. The van der Waals surface area contributed by atoms with E-state index in [2.05, 4.69) is 19.2 Å². The molecule has 0 spiro atoms. The number of rotatable bonds is 4. The second kappa shape index (κ2) is 5.98. The Morgan fingerprint density at radius 1 is 1.05 bits per heavy atom. The SMILES string of the molecule is CC(C)CN1C(=O)C(C2CC2)NC(=O)C1C1CCCCC1. The van der Waals surface area contributed by atoms with Crippen LogP contribution in [0.2, 0.25) is 0 Å². The third-order valence-electron chi connectivity index (χ3n) is 5.20. The standard InChI is InChI=1S/C17H28N2O2/c1-11(2)10-19-15(13-6-4-3-5-7-13)16(20)18-14(17(19)21)12-8-9-12/h11-15H,3-10H2,1-2H3,(H,18,20). The molecule has 1 aliphatic heterocycles. The van der Waals surface area contributed by atoms with Crippen molar-refractivity contribution >= 4 is 11.8 Å². The molecule has 3 aliphatic rings. The van der Waals surface area contributed by atoms with E-state index in [-0.39, 0.29) is 23.9 Å². The summed E-state index contributed by atoms with van der Waals surface area (Å²) in [5.74, 6) is 1.45. The number of carbonyl (C=O) groups excluding carboxylic acids is 2. The molecule has 4 nitrogen and oxygen atoms in total. The van der Waals surface area contributed by atoms with Gasteiger partial charge in [0.05, 0.1) is 0 Å². The largest absolute Gasteiger partial charge is 0.342 e. The molecule has 0 aromatic carbocycles. The first-order chi connectivity index (χ1) is 10.1. The van der Waals surface area contributed by atoms with Crippen LogP contribution in [0.5, 0.6) is 0 Å². The van der Waals surface area contributed by atoms with Crippen LogP contribution in [0.15, 0.2) is 0 Å². The molecule has 0 aromatic rings. The van der Waals surface area contributed by atoms with Crippen molar-refractivity contribution in [3.05, 3.63) is 0 Å². The van der Waals surface area contributed by atoms with Crippen LogP contribution in [0.3, 0.4) is 0 Å². The van der Waals surface area contributed by atoms with Crippen molar-refractivity contribution in [3.8, 4) is 0 Å². The third kappa shape index (κ3) is 3.09. The van der Waals surface area contributed by atoms with Crippen molar-refractivity contribution in [1.29, 1.82) is 0 Å². The predicted molar refractivity (Wildman–Crippen MR) is 81.6 cm³/mol. The van der Waals surface area contributed by atoms with Crippen LogP contribution in [0.25, 0.3) is 0 Å². The molecule has 118 valence electrons. The van der Waals surface area contributed by atoms with E-state index in [4.69, 9.17) is 0 Å². The van der Waals surface area contributed by atoms with Gasteiger partial charge in [0.25, 0.3) is 0 Å². The molecule has 0 bridgehead atoms. The molecule has 2 amide bonds. The van der Waals surface area contributed by atoms with Gasteiger partial charge in [0.2, 0.25) is 11.8 Å². The summed E-state index contributed by atoms with van der Waals surface area (Å²) in [6.07, 6.45) is 8.02. The Morgan fingerprint density at radius 3 is 2.29 bits per heavy atom. The van der Waals surface area contributed by atoms with Gasteiger partial charge < -0.3 is 10.2 Å². The normalized spacial score (nSPS) is 31.7. The predicted octanol–water partition coefficient (Wildman–Crippen LogP) is 2.33. The lowest BCUT2D eigenvalue weighted by molar-refractivity contribution is -0.153. The zero-order valence-electron chi connectivity index (χ0n) is 13.3. The smallest absolute Gasteiger partial charge is 0.246 e. The Hall–Kier alpha value is -1.06. The second-order valence-electron chi connectivity index (χ2n) is 7.55. The highest BCUT2D eigenvalue weighted by molar-refractivity contribution is 5.97. The fourth-order valence-electron chi connectivity index (χ4n) is 4.02. The van der Waals surface area contributed by atoms with E-state index in [1.54, 1.807) is 0 Å². The van der Waals surface area contributed by atoms with Gasteiger partial charge in [-0.2, -0.15) is 0 Å². The first-order valence-corrected chi connectivity index (χ1v) is 8.68. The Morgan fingerprint density at radius 2 is 1.71 bits per heavy atom. The summed E-state index contributed by atoms with van der Waals surface area (Å²) in [5, 5.41) is 3.05. The van der Waals surface area contributed by atoms with Gasteiger partial charge in [-0.3, -0.25) is 9.59 Å². The number of nitrogens with zero attached hydrogens (tertiary/aromatic N) is 1. The van der Waals surface area contributed by atoms with E-state index in [0.717, 1.165) is 32.2 Å². The van der Waals surface area contributed by atoms with E-state index in [9.17, 15) is 9.59 Å². The average Bonchev–Trinajstić information content (AvgIpc) is 3.27. The maximum Gasteiger partial charge on any atom is 0.246 e. The van der Waals surface area contributed by atoms with Gasteiger partial charge in [-0.15, -0.1) is 0 Å². The van der Waals surface area contributed by atoms with E-state index >= 15 is 0 Å².